The van der Waals surface area contributed by atoms with Gasteiger partial charge in [0.05, 0.1) is 0 Å². The summed E-state index contributed by atoms with van der Waals surface area (Å²) in [6.07, 6.45) is 2.33. The van der Waals surface area contributed by atoms with E-state index in [1.165, 1.54) is 6.42 Å². The van der Waals surface area contributed by atoms with Crippen LogP contribution in [0.3, 0.4) is 0 Å². The van der Waals surface area contributed by atoms with Gasteiger partial charge in [-0.1, -0.05) is 29.3 Å². The first-order valence-electron chi connectivity index (χ1n) is 4.46. The first-order valence-corrected chi connectivity index (χ1v) is 5.22. The molecule has 1 N–H and O–H groups in total. The fourth-order valence-electron chi connectivity index (χ4n) is 1.77. The van der Waals surface area contributed by atoms with Gasteiger partial charge in [0.15, 0.2) is 0 Å². The third-order valence-corrected chi connectivity index (χ3v) is 3.07. The number of benzene rings is 1. The third-order valence-electron chi connectivity index (χ3n) is 2.41. The van der Waals surface area contributed by atoms with Crippen LogP contribution >= 0.6 is 23.2 Å². The Morgan fingerprint density at radius 2 is 1.92 bits per heavy atom. The zero-order chi connectivity index (χ0) is 9.26. The van der Waals surface area contributed by atoms with E-state index in [2.05, 4.69) is 5.32 Å². The van der Waals surface area contributed by atoms with Crippen LogP contribution in [-0.4, -0.2) is 6.54 Å². The lowest BCUT2D eigenvalue weighted by Crippen LogP contribution is -2.13. The van der Waals surface area contributed by atoms with E-state index in [1.807, 2.05) is 18.2 Å². The second kappa shape index (κ2) is 3.87. The number of rotatable bonds is 1. The summed E-state index contributed by atoms with van der Waals surface area (Å²) in [6.45, 7) is 1.06. The van der Waals surface area contributed by atoms with Crippen LogP contribution in [0.5, 0.6) is 0 Å². The van der Waals surface area contributed by atoms with Crippen molar-refractivity contribution in [2.24, 2.45) is 0 Å². The summed E-state index contributed by atoms with van der Waals surface area (Å²) in [5.41, 5.74) is 1.06. The fraction of sp³-hybridized carbons (Fsp3) is 0.400. The first kappa shape index (κ1) is 9.32. The zero-order valence-electron chi connectivity index (χ0n) is 7.19. The molecule has 1 atom stereocenters. The molecule has 1 aromatic carbocycles. The van der Waals surface area contributed by atoms with Gasteiger partial charge in [-0.2, -0.15) is 0 Å². The third kappa shape index (κ3) is 1.83. The average Bonchev–Trinajstić information content (AvgIpc) is 2.57. The van der Waals surface area contributed by atoms with Gasteiger partial charge >= 0.3 is 0 Å². The van der Waals surface area contributed by atoms with Crippen LogP contribution in [0.4, 0.5) is 0 Å². The highest BCUT2D eigenvalue weighted by Crippen LogP contribution is 2.34. The molecule has 0 aliphatic carbocycles. The van der Waals surface area contributed by atoms with Crippen LogP contribution in [-0.2, 0) is 0 Å². The lowest BCUT2D eigenvalue weighted by molar-refractivity contribution is 0.648. The second-order valence-electron chi connectivity index (χ2n) is 3.28. The molecule has 70 valence electrons. The maximum Gasteiger partial charge on any atom is 0.0468 e. The van der Waals surface area contributed by atoms with Gasteiger partial charge < -0.3 is 5.32 Å². The Kier molecular flexibility index (Phi) is 2.77. The number of hydrogen-bond acceptors (Lipinski definition) is 1. The molecule has 0 bridgehead atoms. The van der Waals surface area contributed by atoms with Crippen LogP contribution in [0.25, 0.3) is 0 Å². The highest BCUT2D eigenvalue weighted by Gasteiger charge is 2.20. The lowest BCUT2D eigenvalue weighted by Gasteiger charge is -2.13. The van der Waals surface area contributed by atoms with Crippen molar-refractivity contribution in [1.29, 1.82) is 0 Å². The minimum absolute atomic E-state index is 0.348. The largest absolute Gasteiger partial charge is 0.310 e. The molecule has 1 aliphatic rings. The minimum atomic E-state index is 0.348. The Morgan fingerprint density at radius 3 is 2.46 bits per heavy atom. The van der Waals surface area contributed by atoms with E-state index < -0.39 is 0 Å². The van der Waals surface area contributed by atoms with Crippen molar-refractivity contribution in [3.63, 3.8) is 0 Å². The SMILES string of the molecule is Clc1cccc(Cl)c1[C@H]1CCCN1. The average molecular weight is 216 g/mol. The Hall–Kier alpha value is -0.240. The molecule has 0 aromatic heterocycles. The van der Waals surface area contributed by atoms with E-state index in [0.717, 1.165) is 28.6 Å². The maximum absolute atomic E-state index is 6.09. The predicted molar refractivity (Wildman–Crippen MR) is 56.4 cm³/mol. The molecule has 1 saturated heterocycles. The molecule has 1 nitrogen and oxygen atoms in total. The summed E-state index contributed by atoms with van der Waals surface area (Å²) < 4.78 is 0. The van der Waals surface area contributed by atoms with Crippen molar-refractivity contribution in [2.75, 3.05) is 6.54 Å². The van der Waals surface area contributed by atoms with Crippen LogP contribution < -0.4 is 5.32 Å². The molecule has 0 radical (unpaired) electrons. The van der Waals surface area contributed by atoms with Crippen LogP contribution in [0.1, 0.15) is 24.4 Å². The van der Waals surface area contributed by atoms with Gasteiger partial charge in [0, 0.05) is 21.7 Å². The highest BCUT2D eigenvalue weighted by molar-refractivity contribution is 6.36. The number of halogens is 2. The first-order chi connectivity index (χ1) is 6.29. The van der Waals surface area contributed by atoms with Crippen LogP contribution in [0.15, 0.2) is 18.2 Å². The monoisotopic (exact) mass is 215 g/mol. The van der Waals surface area contributed by atoms with Gasteiger partial charge in [0.1, 0.15) is 0 Å². The van der Waals surface area contributed by atoms with Gasteiger partial charge in [-0.25, -0.2) is 0 Å². The van der Waals surface area contributed by atoms with Crippen LogP contribution in [0, 0.1) is 0 Å². The Balaban J connectivity index is 2.37. The molecule has 1 fully saturated rings. The molecular formula is C10H11Cl2N. The number of hydrogen-bond donors (Lipinski definition) is 1. The molecule has 13 heavy (non-hydrogen) atoms. The molecule has 1 aromatic rings. The maximum atomic E-state index is 6.09. The summed E-state index contributed by atoms with van der Waals surface area (Å²) in [5, 5.41) is 4.93. The summed E-state index contributed by atoms with van der Waals surface area (Å²) in [4.78, 5) is 0. The van der Waals surface area contributed by atoms with Gasteiger partial charge in [0.2, 0.25) is 0 Å². The van der Waals surface area contributed by atoms with Crippen LogP contribution in [0.2, 0.25) is 10.0 Å². The molecule has 0 amide bonds. The topological polar surface area (TPSA) is 12.0 Å². The highest BCUT2D eigenvalue weighted by atomic mass is 35.5. The standard InChI is InChI=1S/C10H11Cl2N/c11-7-3-1-4-8(12)10(7)9-5-2-6-13-9/h1,3-4,9,13H,2,5-6H2/t9-/m1/s1. The summed E-state index contributed by atoms with van der Waals surface area (Å²) in [7, 11) is 0. The molecule has 1 heterocycles. The smallest absolute Gasteiger partial charge is 0.0468 e. The van der Waals surface area contributed by atoms with E-state index in [-0.39, 0.29) is 0 Å². The Morgan fingerprint density at radius 1 is 1.23 bits per heavy atom. The molecule has 2 rings (SSSR count). The zero-order valence-corrected chi connectivity index (χ0v) is 8.70. The Labute approximate surface area is 88.0 Å². The van der Waals surface area contributed by atoms with Crippen molar-refractivity contribution in [3.05, 3.63) is 33.8 Å². The van der Waals surface area contributed by atoms with E-state index in [1.54, 1.807) is 0 Å². The lowest BCUT2D eigenvalue weighted by atomic mass is 10.1. The fourth-order valence-corrected chi connectivity index (χ4v) is 2.44. The Bertz CT molecular complexity index is 286. The van der Waals surface area contributed by atoms with Crippen molar-refractivity contribution >= 4 is 23.2 Å². The second-order valence-corrected chi connectivity index (χ2v) is 4.10. The van der Waals surface area contributed by atoms with E-state index in [0.29, 0.717) is 6.04 Å². The summed E-state index contributed by atoms with van der Waals surface area (Å²) in [5.74, 6) is 0. The van der Waals surface area contributed by atoms with Crippen molar-refractivity contribution in [3.8, 4) is 0 Å². The molecule has 0 spiro atoms. The van der Waals surface area contributed by atoms with Gasteiger partial charge in [-0.3, -0.25) is 0 Å². The predicted octanol–water partition coefficient (Wildman–Crippen LogP) is 3.42. The summed E-state index contributed by atoms with van der Waals surface area (Å²) >= 11 is 12.2. The minimum Gasteiger partial charge on any atom is -0.310 e. The van der Waals surface area contributed by atoms with Gasteiger partial charge in [-0.15, -0.1) is 0 Å². The molecular weight excluding hydrogens is 205 g/mol. The number of nitrogens with one attached hydrogen (secondary N) is 1. The molecule has 1 aliphatic heterocycles. The quantitative estimate of drug-likeness (QED) is 0.758. The van der Waals surface area contributed by atoms with Gasteiger partial charge in [-0.05, 0) is 31.5 Å². The van der Waals surface area contributed by atoms with Crippen molar-refractivity contribution < 1.29 is 0 Å². The van der Waals surface area contributed by atoms with Gasteiger partial charge in [0.25, 0.3) is 0 Å². The molecule has 3 heteroatoms. The molecule has 0 unspecified atom stereocenters. The van der Waals surface area contributed by atoms with Crippen molar-refractivity contribution in [2.45, 2.75) is 18.9 Å². The van der Waals surface area contributed by atoms with E-state index in [4.69, 9.17) is 23.2 Å². The van der Waals surface area contributed by atoms with Crippen molar-refractivity contribution in [1.82, 2.24) is 5.32 Å². The molecule has 0 saturated carbocycles. The normalized spacial score (nSPS) is 22.2. The summed E-state index contributed by atoms with van der Waals surface area (Å²) in [6, 6.07) is 6.01. The van der Waals surface area contributed by atoms with E-state index >= 15 is 0 Å². The van der Waals surface area contributed by atoms with E-state index in [9.17, 15) is 0 Å².